The van der Waals surface area contributed by atoms with E-state index in [-0.39, 0.29) is 12.3 Å². The molecule has 0 aliphatic carbocycles. The lowest BCUT2D eigenvalue weighted by Gasteiger charge is -2.06. The summed E-state index contributed by atoms with van der Waals surface area (Å²) >= 11 is 0. The Kier molecular flexibility index (Phi) is 3.88. The molecule has 4 heteroatoms. The van der Waals surface area contributed by atoms with Gasteiger partial charge in [-0.15, -0.1) is 0 Å². The standard InChI is InChI=1S/C11H18N2O2/c1-8(2)13-5-4-10(12-13)6-9(3)7-11(14)15/h4-5,8-9H,6-7H2,1-3H3,(H,14,15). The van der Waals surface area contributed by atoms with E-state index in [9.17, 15) is 4.79 Å². The first-order valence-electron chi connectivity index (χ1n) is 5.25. The van der Waals surface area contributed by atoms with E-state index in [0.29, 0.717) is 6.04 Å². The highest BCUT2D eigenvalue weighted by Crippen LogP contribution is 2.11. The van der Waals surface area contributed by atoms with Crippen LogP contribution in [0.3, 0.4) is 0 Å². The summed E-state index contributed by atoms with van der Waals surface area (Å²) < 4.78 is 1.89. The van der Waals surface area contributed by atoms with Crippen molar-refractivity contribution in [3.05, 3.63) is 18.0 Å². The van der Waals surface area contributed by atoms with Crippen LogP contribution in [0.15, 0.2) is 12.3 Å². The van der Waals surface area contributed by atoms with E-state index >= 15 is 0 Å². The molecule has 4 nitrogen and oxygen atoms in total. The van der Waals surface area contributed by atoms with Crippen LogP contribution in [0.2, 0.25) is 0 Å². The van der Waals surface area contributed by atoms with Crippen molar-refractivity contribution < 1.29 is 9.90 Å². The third-order valence-electron chi connectivity index (χ3n) is 2.27. The van der Waals surface area contributed by atoms with E-state index in [1.165, 1.54) is 0 Å². The van der Waals surface area contributed by atoms with Gasteiger partial charge in [0.25, 0.3) is 0 Å². The largest absolute Gasteiger partial charge is 0.481 e. The quantitative estimate of drug-likeness (QED) is 0.809. The highest BCUT2D eigenvalue weighted by molar-refractivity contribution is 5.66. The number of rotatable bonds is 5. The molecule has 1 unspecified atom stereocenters. The molecule has 0 saturated heterocycles. The van der Waals surface area contributed by atoms with E-state index in [0.717, 1.165) is 12.1 Å². The number of carboxylic acids is 1. The van der Waals surface area contributed by atoms with Gasteiger partial charge in [-0.1, -0.05) is 6.92 Å². The smallest absolute Gasteiger partial charge is 0.303 e. The number of hydrogen-bond donors (Lipinski definition) is 1. The first-order valence-corrected chi connectivity index (χ1v) is 5.25. The molecule has 0 aliphatic rings. The zero-order valence-corrected chi connectivity index (χ0v) is 9.47. The molecule has 0 aliphatic heterocycles. The van der Waals surface area contributed by atoms with Crippen LogP contribution >= 0.6 is 0 Å². The Morgan fingerprint density at radius 2 is 2.20 bits per heavy atom. The Morgan fingerprint density at radius 1 is 1.53 bits per heavy atom. The van der Waals surface area contributed by atoms with Crippen molar-refractivity contribution in [2.24, 2.45) is 5.92 Å². The minimum absolute atomic E-state index is 0.137. The van der Waals surface area contributed by atoms with Crippen molar-refractivity contribution in [3.8, 4) is 0 Å². The van der Waals surface area contributed by atoms with Crippen molar-refractivity contribution in [1.29, 1.82) is 0 Å². The molecule has 1 N–H and O–H groups in total. The second kappa shape index (κ2) is 4.96. The van der Waals surface area contributed by atoms with Crippen LogP contribution in [0.4, 0.5) is 0 Å². The molecule has 0 radical (unpaired) electrons. The normalized spacial score (nSPS) is 13.1. The van der Waals surface area contributed by atoms with Crippen molar-refractivity contribution in [2.75, 3.05) is 0 Å². The maximum atomic E-state index is 10.5. The Balaban J connectivity index is 2.53. The van der Waals surface area contributed by atoms with Gasteiger partial charge in [-0.05, 0) is 32.3 Å². The summed E-state index contributed by atoms with van der Waals surface area (Å²) in [5.74, 6) is -0.608. The molecule has 1 heterocycles. The average molecular weight is 210 g/mol. The second-order valence-corrected chi connectivity index (χ2v) is 4.29. The fourth-order valence-corrected chi connectivity index (χ4v) is 1.50. The number of hydrogen-bond acceptors (Lipinski definition) is 2. The van der Waals surface area contributed by atoms with Crippen LogP contribution in [0.25, 0.3) is 0 Å². The van der Waals surface area contributed by atoms with Gasteiger partial charge in [0.15, 0.2) is 0 Å². The molecule has 15 heavy (non-hydrogen) atoms. The lowest BCUT2D eigenvalue weighted by atomic mass is 10.0. The third kappa shape index (κ3) is 3.73. The first kappa shape index (κ1) is 11.8. The Morgan fingerprint density at radius 3 is 2.67 bits per heavy atom. The van der Waals surface area contributed by atoms with Crippen molar-refractivity contribution in [1.82, 2.24) is 9.78 Å². The fraction of sp³-hybridized carbons (Fsp3) is 0.636. The van der Waals surface area contributed by atoms with Crippen LogP contribution < -0.4 is 0 Å². The molecule has 0 bridgehead atoms. The lowest BCUT2D eigenvalue weighted by molar-refractivity contribution is -0.137. The summed E-state index contributed by atoms with van der Waals surface area (Å²) in [6, 6.07) is 2.31. The monoisotopic (exact) mass is 210 g/mol. The molecular formula is C11H18N2O2. The van der Waals surface area contributed by atoms with Crippen molar-refractivity contribution in [3.63, 3.8) is 0 Å². The zero-order valence-electron chi connectivity index (χ0n) is 9.47. The fourth-order valence-electron chi connectivity index (χ4n) is 1.50. The molecule has 1 atom stereocenters. The topological polar surface area (TPSA) is 55.1 Å². The van der Waals surface area contributed by atoms with E-state index in [1.54, 1.807) is 0 Å². The summed E-state index contributed by atoms with van der Waals surface area (Å²) in [6.07, 6.45) is 2.87. The van der Waals surface area contributed by atoms with Gasteiger partial charge in [0.1, 0.15) is 0 Å². The molecule has 1 aromatic rings. The first-order chi connectivity index (χ1) is 6.99. The van der Waals surface area contributed by atoms with Crippen LogP contribution in [-0.2, 0) is 11.2 Å². The highest BCUT2D eigenvalue weighted by atomic mass is 16.4. The van der Waals surface area contributed by atoms with Gasteiger partial charge in [-0.25, -0.2) is 0 Å². The van der Waals surface area contributed by atoms with Crippen LogP contribution in [0.5, 0.6) is 0 Å². The molecule has 84 valence electrons. The third-order valence-corrected chi connectivity index (χ3v) is 2.27. The van der Waals surface area contributed by atoms with E-state index in [1.807, 2.05) is 23.9 Å². The van der Waals surface area contributed by atoms with Gasteiger partial charge in [-0.2, -0.15) is 5.10 Å². The Hall–Kier alpha value is -1.32. The highest BCUT2D eigenvalue weighted by Gasteiger charge is 2.10. The molecular weight excluding hydrogens is 192 g/mol. The minimum Gasteiger partial charge on any atom is -0.481 e. The summed E-state index contributed by atoms with van der Waals surface area (Å²) in [4.78, 5) is 10.5. The summed E-state index contributed by atoms with van der Waals surface area (Å²) in [5.41, 5.74) is 0.970. The molecule has 1 aromatic heterocycles. The van der Waals surface area contributed by atoms with Gasteiger partial charge in [-0.3, -0.25) is 9.48 Å². The van der Waals surface area contributed by atoms with Gasteiger partial charge < -0.3 is 5.11 Å². The molecule has 0 spiro atoms. The summed E-state index contributed by atoms with van der Waals surface area (Å²) in [6.45, 7) is 6.07. The molecule has 0 aromatic carbocycles. The number of carboxylic acid groups (broad SMARTS) is 1. The molecule has 0 fully saturated rings. The van der Waals surface area contributed by atoms with E-state index in [2.05, 4.69) is 18.9 Å². The maximum absolute atomic E-state index is 10.5. The second-order valence-electron chi connectivity index (χ2n) is 4.29. The van der Waals surface area contributed by atoms with Gasteiger partial charge >= 0.3 is 5.97 Å². The SMILES string of the molecule is CC(CC(=O)O)Cc1ccn(C(C)C)n1. The predicted octanol–water partition coefficient (Wildman–Crippen LogP) is 2.12. The Bertz CT molecular complexity index is 331. The molecule has 0 saturated carbocycles. The summed E-state index contributed by atoms with van der Waals surface area (Å²) in [5, 5.41) is 13.0. The van der Waals surface area contributed by atoms with E-state index in [4.69, 9.17) is 5.11 Å². The molecule has 0 amide bonds. The van der Waals surface area contributed by atoms with E-state index < -0.39 is 5.97 Å². The number of nitrogens with zero attached hydrogens (tertiary/aromatic N) is 2. The Labute approximate surface area is 89.9 Å². The zero-order chi connectivity index (χ0) is 11.4. The molecule has 1 rings (SSSR count). The number of aromatic nitrogens is 2. The number of carbonyl (C=O) groups is 1. The van der Waals surface area contributed by atoms with Gasteiger partial charge in [0.05, 0.1) is 5.69 Å². The lowest BCUT2D eigenvalue weighted by Crippen LogP contribution is -2.08. The minimum atomic E-state index is -0.745. The van der Waals surface area contributed by atoms with Crippen LogP contribution in [0, 0.1) is 5.92 Å². The van der Waals surface area contributed by atoms with Gasteiger partial charge in [0, 0.05) is 18.7 Å². The number of aliphatic carboxylic acids is 1. The summed E-state index contributed by atoms with van der Waals surface area (Å²) in [7, 11) is 0. The van der Waals surface area contributed by atoms with Gasteiger partial charge in [0.2, 0.25) is 0 Å². The van der Waals surface area contributed by atoms with Crippen LogP contribution in [-0.4, -0.2) is 20.9 Å². The average Bonchev–Trinajstić information content (AvgIpc) is 2.50. The van der Waals surface area contributed by atoms with Crippen LogP contribution in [0.1, 0.15) is 38.9 Å². The maximum Gasteiger partial charge on any atom is 0.303 e. The predicted molar refractivity (Wildman–Crippen MR) is 57.7 cm³/mol. The van der Waals surface area contributed by atoms with Crippen molar-refractivity contribution in [2.45, 2.75) is 39.7 Å². The van der Waals surface area contributed by atoms with Crippen molar-refractivity contribution >= 4 is 5.97 Å².